The number of thiophene rings is 1. The molecule has 0 aliphatic rings. The zero-order valence-electron chi connectivity index (χ0n) is 9.45. The molecule has 1 aromatic heterocycles. The van der Waals surface area contributed by atoms with Gasteiger partial charge in [0.1, 0.15) is 5.75 Å². The molecule has 0 unspecified atom stereocenters. The molecule has 0 fully saturated rings. The van der Waals surface area contributed by atoms with Crippen LogP contribution < -0.4 is 5.84 Å². The van der Waals surface area contributed by atoms with Gasteiger partial charge in [0.15, 0.2) is 0 Å². The number of hydrogen-bond acceptors (Lipinski definition) is 4. The SMILES string of the molecule is CC(=NN)c1csc(-c2ccc(Cl)c(Cl)c2)c1O. The van der Waals surface area contributed by atoms with Crippen molar-refractivity contribution in [3.63, 3.8) is 0 Å². The number of rotatable bonds is 2. The summed E-state index contributed by atoms with van der Waals surface area (Å²) in [5, 5.41) is 16.5. The molecule has 0 aliphatic carbocycles. The smallest absolute Gasteiger partial charge is 0.143 e. The molecule has 0 atom stereocenters. The van der Waals surface area contributed by atoms with Gasteiger partial charge in [-0.3, -0.25) is 0 Å². The predicted molar refractivity (Wildman–Crippen MR) is 77.8 cm³/mol. The molecular weight excluding hydrogens is 291 g/mol. The molecule has 0 spiro atoms. The van der Waals surface area contributed by atoms with Crippen LogP contribution in [0, 0.1) is 0 Å². The van der Waals surface area contributed by atoms with Crippen LogP contribution in [0.25, 0.3) is 10.4 Å². The van der Waals surface area contributed by atoms with E-state index in [1.54, 1.807) is 30.5 Å². The summed E-state index contributed by atoms with van der Waals surface area (Å²) in [6, 6.07) is 5.22. The number of benzene rings is 1. The summed E-state index contributed by atoms with van der Waals surface area (Å²) < 4.78 is 0. The lowest BCUT2D eigenvalue weighted by molar-refractivity contribution is 0.478. The zero-order chi connectivity index (χ0) is 13.3. The lowest BCUT2D eigenvalue weighted by Gasteiger charge is -2.02. The van der Waals surface area contributed by atoms with Gasteiger partial charge in [-0.05, 0) is 24.6 Å². The van der Waals surface area contributed by atoms with Gasteiger partial charge in [-0.15, -0.1) is 11.3 Å². The van der Waals surface area contributed by atoms with E-state index in [1.165, 1.54) is 11.3 Å². The first-order valence-corrected chi connectivity index (χ1v) is 6.69. The molecule has 1 aromatic carbocycles. The Balaban J connectivity index is 2.52. The molecule has 0 radical (unpaired) electrons. The second kappa shape index (κ2) is 5.18. The second-order valence-corrected chi connectivity index (χ2v) is 5.36. The summed E-state index contributed by atoms with van der Waals surface area (Å²) in [6.45, 7) is 1.74. The Morgan fingerprint density at radius 1 is 1.33 bits per heavy atom. The van der Waals surface area contributed by atoms with Crippen LogP contribution in [0.4, 0.5) is 0 Å². The summed E-state index contributed by atoms with van der Waals surface area (Å²) in [4.78, 5) is 0.714. The summed E-state index contributed by atoms with van der Waals surface area (Å²) in [7, 11) is 0. The second-order valence-electron chi connectivity index (χ2n) is 3.67. The molecule has 94 valence electrons. The molecule has 1 heterocycles. The number of hydrogen-bond donors (Lipinski definition) is 2. The van der Waals surface area contributed by atoms with Gasteiger partial charge in [-0.2, -0.15) is 5.10 Å². The van der Waals surface area contributed by atoms with Crippen LogP contribution in [0.2, 0.25) is 10.0 Å². The summed E-state index contributed by atoms with van der Waals surface area (Å²) in [5.41, 5.74) is 2.02. The maximum absolute atomic E-state index is 10.1. The third-order valence-electron chi connectivity index (χ3n) is 2.53. The lowest BCUT2D eigenvalue weighted by Crippen LogP contribution is -1.96. The van der Waals surface area contributed by atoms with Crippen molar-refractivity contribution in [1.82, 2.24) is 0 Å². The Morgan fingerprint density at radius 2 is 2.06 bits per heavy atom. The van der Waals surface area contributed by atoms with Crippen molar-refractivity contribution in [2.45, 2.75) is 6.92 Å². The van der Waals surface area contributed by atoms with E-state index in [4.69, 9.17) is 29.0 Å². The van der Waals surface area contributed by atoms with Crippen molar-refractivity contribution >= 4 is 40.3 Å². The molecule has 18 heavy (non-hydrogen) atoms. The van der Waals surface area contributed by atoms with Crippen molar-refractivity contribution in [1.29, 1.82) is 0 Å². The average Bonchev–Trinajstić information content (AvgIpc) is 2.74. The van der Waals surface area contributed by atoms with Crippen molar-refractivity contribution in [2.75, 3.05) is 0 Å². The van der Waals surface area contributed by atoms with E-state index < -0.39 is 0 Å². The lowest BCUT2D eigenvalue weighted by atomic mass is 10.1. The fourth-order valence-corrected chi connectivity index (χ4v) is 2.82. The molecule has 3 N–H and O–H groups in total. The fraction of sp³-hybridized carbons (Fsp3) is 0.0833. The first-order chi connectivity index (χ1) is 8.54. The molecule has 6 heteroatoms. The molecule has 2 rings (SSSR count). The average molecular weight is 301 g/mol. The summed E-state index contributed by atoms with van der Waals surface area (Å²) in [6.07, 6.45) is 0. The minimum Gasteiger partial charge on any atom is -0.506 e. The van der Waals surface area contributed by atoms with Crippen molar-refractivity contribution in [3.8, 4) is 16.2 Å². The number of nitrogens with two attached hydrogens (primary N) is 1. The van der Waals surface area contributed by atoms with Gasteiger partial charge in [0.25, 0.3) is 0 Å². The van der Waals surface area contributed by atoms with Gasteiger partial charge in [0, 0.05) is 5.38 Å². The number of hydrazone groups is 1. The van der Waals surface area contributed by atoms with Gasteiger partial charge in [0.05, 0.1) is 26.2 Å². The highest BCUT2D eigenvalue weighted by Crippen LogP contribution is 2.40. The Morgan fingerprint density at radius 3 is 2.67 bits per heavy atom. The van der Waals surface area contributed by atoms with Crippen LogP contribution in [-0.4, -0.2) is 10.8 Å². The van der Waals surface area contributed by atoms with Gasteiger partial charge in [-0.1, -0.05) is 29.3 Å². The number of halogens is 2. The van der Waals surface area contributed by atoms with Gasteiger partial charge in [0.2, 0.25) is 0 Å². The molecule has 0 saturated carbocycles. The molecule has 0 amide bonds. The summed E-state index contributed by atoms with van der Waals surface area (Å²) >= 11 is 13.2. The minimum atomic E-state index is 0.157. The Bertz CT molecular complexity index is 623. The number of nitrogens with zero attached hydrogens (tertiary/aromatic N) is 1. The predicted octanol–water partition coefficient (Wildman–Crippen LogP) is 4.11. The highest BCUT2D eigenvalue weighted by molar-refractivity contribution is 7.14. The van der Waals surface area contributed by atoms with E-state index in [-0.39, 0.29) is 5.75 Å². The van der Waals surface area contributed by atoms with Gasteiger partial charge in [-0.25, -0.2) is 0 Å². The van der Waals surface area contributed by atoms with E-state index >= 15 is 0 Å². The first kappa shape index (κ1) is 13.2. The molecule has 0 bridgehead atoms. The highest BCUT2D eigenvalue weighted by atomic mass is 35.5. The van der Waals surface area contributed by atoms with E-state index in [2.05, 4.69) is 5.10 Å². The van der Waals surface area contributed by atoms with Crippen LogP contribution >= 0.6 is 34.5 Å². The van der Waals surface area contributed by atoms with E-state index in [0.29, 0.717) is 26.2 Å². The quantitative estimate of drug-likeness (QED) is 0.498. The highest BCUT2D eigenvalue weighted by Gasteiger charge is 2.15. The third kappa shape index (κ3) is 2.32. The van der Waals surface area contributed by atoms with E-state index in [1.807, 2.05) is 0 Å². The van der Waals surface area contributed by atoms with Crippen LogP contribution in [0.1, 0.15) is 12.5 Å². The Hall–Kier alpha value is -1.23. The van der Waals surface area contributed by atoms with Crippen LogP contribution in [0.5, 0.6) is 5.75 Å². The molecule has 3 nitrogen and oxygen atoms in total. The van der Waals surface area contributed by atoms with Crippen LogP contribution in [0.15, 0.2) is 28.7 Å². The van der Waals surface area contributed by atoms with Crippen molar-refractivity contribution < 1.29 is 5.11 Å². The van der Waals surface area contributed by atoms with Crippen molar-refractivity contribution in [2.24, 2.45) is 10.9 Å². The maximum atomic E-state index is 10.1. The number of aromatic hydroxyl groups is 1. The molecule has 0 saturated heterocycles. The molecule has 0 aliphatic heterocycles. The topological polar surface area (TPSA) is 58.6 Å². The molecular formula is C12H10Cl2N2OS. The third-order valence-corrected chi connectivity index (χ3v) is 4.29. The maximum Gasteiger partial charge on any atom is 0.143 e. The van der Waals surface area contributed by atoms with E-state index in [9.17, 15) is 5.11 Å². The van der Waals surface area contributed by atoms with Crippen molar-refractivity contribution in [3.05, 3.63) is 39.2 Å². The Labute approximate surface area is 118 Å². The first-order valence-electron chi connectivity index (χ1n) is 5.05. The van der Waals surface area contributed by atoms with Crippen LogP contribution in [-0.2, 0) is 0 Å². The largest absolute Gasteiger partial charge is 0.506 e. The van der Waals surface area contributed by atoms with E-state index in [0.717, 1.165) is 5.56 Å². The standard InChI is InChI=1S/C12H10Cl2N2OS/c1-6(16-15)8-5-18-12(11(8)17)7-2-3-9(13)10(14)4-7/h2-5,17H,15H2,1H3. The van der Waals surface area contributed by atoms with Gasteiger partial charge >= 0.3 is 0 Å². The Kier molecular flexibility index (Phi) is 3.80. The zero-order valence-corrected chi connectivity index (χ0v) is 11.8. The normalized spacial score (nSPS) is 11.8. The van der Waals surface area contributed by atoms with Gasteiger partial charge < -0.3 is 10.9 Å². The fourth-order valence-electron chi connectivity index (χ4n) is 1.52. The summed E-state index contributed by atoms with van der Waals surface area (Å²) in [5.74, 6) is 5.37. The van der Waals surface area contributed by atoms with Crippen LogP contribution in [0.3, 0.4) is 0 Å². The minimum absolute atomic E-state index is 0.157. The molecule has 2 aromatic rings. The monoisotopic (exact) mass is 300 g/mol.